The van der Waals surface area contributed by atoms with Gasteiger partial charge in [0.05, 0.1) is 25.4 Å². The van der Waals surface area contributed by atoms with Crippen molar-refractivity contribution in [1.29, 1.82) is 0 Å². The van der Waals surface area contributed by atoms with E-state index in [1.54, 1.807) is 0 Å². The highest BCUT2D eigenvalue weighted by atomic mass is 19.1. The number of hydrogen-bond donors (Lipinski definition) is 2. The van der Waals surface area contributed by atoms with Crippen LogP contribution in [-0.4, -0.2) is 78.2 Å². The zero-order valence-corrected chi connectivity index (χ0v) is 23.9. The number of aliphatic hydroxyl groups excluding tert-OH is 1. The topological polar surface area (TPSA) is 51.7 Å². The van der Waals surface area contributed by atoms with Crippen LogP contribution in [0, 0.1) is 17.6 Å². The van der Waals surface area contributed by atoms with Crippen molar-refractivity contribution in [2.45, 2.75) is 63.9 Å². The summed E-state index contributed by atoms with van der Waals surface area (Å²) in [4.78, 5) is 7.24. The maximum absolute atomic E-state index is 16.0. The summed E-state index contributed by atoms with van der Waals surface area (Å²) < 4.78 is 65.2. The van der Waals surface area contributed by atoms with Crippen molar-refractivity contribution in [3.63, 3.8) is 0 Å². The number of aromatic amines is 1. The van der Waals surface area contributed by atoms with Crippen molar-refractivity contribution in [3.05, 3.63) is 70.4 Å². The smallest absolute Gasteiger partial charge is 0.136 e. The van der Waals surface area contributed by atoms with Crippen LogP contribution < -0.4 is 0 Å². The number of aromatic nitrogens is 1. The van der Waals surface area contributed by atoms with Crippen LogP contribution in [0.3, 0.4) is 0 Å². The molecule has 1 aromatic heterocycles. The molecule has 2 aliphatic rings. The van der Waals surface area contributed by atoms with Crippen molar-refractivity contribution >= 4 is 10.9 Å². The second-order valence-electron chi connectivity index (χ2n) is 11.6. The molecule has 2 aromatic carbocycles. The van der Waals surface area contributed by atoms with Gasteiger partial charge in [0, 0.05) is 66.9 Å². The number of rotatable bonds is 13. The zero-order chi connectivity index (χ0) is 29.1. The third kappa shape index (κ3) is 6.33. The van der Waals surface area contributed by atoms with E-state index in [4.69, 9.17) is 4.74 Å². The Balaban J connectivity index is 1.45. The normalized spacial score (nSPS) is 21.6. The first-order chi connectivity index (χ1) is 19.8. The number of benzene rings is 2. The van der Waals surface area contributed by atoms with Crippen LogP contribution in [0.2, 0.25) is 0 Å². The summed E-state index contributed by atoms with van der Waals surface area (Å²) in [6, 6.07) is 9.14. The fourth-order valence-electron chi connectivity index (χ4n) is 6.43. The Bertz CT molecular complexity index is 1290. The number of hydrogen-bond acceptors (Lipinski definition) is 4. The number of ether oxygens (including phenoxy) is 1. The Labute approximate surface area is 239 Å². The molecule has 1 saturated heterocycles. The minimum absolute atomic E-state index is 0.0349. The standard InChI is InChI=1S/C32H41F4N3O2/c1-3-4-12-41-19-23(34)18-39-20(2)13-25-24-8-5-6-9-28(24)37-30(25)31(39)29-26(35)14-21(15-27(29)36)32(40)22-16-38(17-22)11-7-10-33/h5-6,8-9,14-15,20,22-23,31-32,37,40H,3-4,7,10-13,16-19H2,1-2H3/t20-,23-,31-,32?/m1/s1. The number of H-pyrrole nitrogens is 1. The third-order valence-corrected chi connectivity index (χ3v) is 8.62. The number of unbranched alkanes of at least 4 members (excludes halogenated alkanes) is 1. The lowest BCUT2D eigenvalue weighted by molar-refractivity contribution is -0.00642. The van der Waals surface area contributed by atoms with Crippen molar-refractivity contribution < 1.29 is 27.4 Å². The molecule has 1 fully saturated rings. The molecule has 2 aliphatic heterocycles. The van der Waals surface area contributed by atoms with Crippen LogP contribution in [-0.2, 0) is 11.2 Å². The predicted molar refractivity (Wildman–Crippen MR) is 152 cm³/mol. The van der Waals surface area contributed by atoms with Crippen molar-refractivity contribution in [2.24, 2.45) is 5.92 Å². The Morgan fingerprint density at radius 2 is 1.85 bits per heavy atom. The molecule has 224 valence electrons. The van der Waals surface area contributed by atoms with Gasteiger partial charge in [-0.15, -0.1) is 0 Å². The number of halogens is 4. The van der Waals surface area contributed by atoms with Crippen LogP contribution in [0.4, 0.5) is 17.6 Å². The number of aliphatic hydroxyl groups is 1. The fourth-order valence-corrected chi connectivity index (χ4v) is 6.43. The molecule has 0 amide bonds. The molecule has 0 radical (unpaired) electrons. The minimum Gasteiger partial charge on any atom is -0.388 e. The van der Waals surface area contributed by atoms with Gasteiger partial charge in [0.1, 0.15) is 17.8 Å². The van der Waals surface area contributed by atoms with Crippen LogP contribution in [0.5, 0.6) is 0 Å². The fraction of sp³-hybridized carbons (Fsp3) is 0.562. The van der Waals surface area contributed by atoms with Crippen molar-refractivity contribution in [1.82, 2.24) is 14.8 Å². The van der Waals surface area contributed by atoms with Crippen LogP contribution in [0.25, 0.3) is 10.9 Å². The lowest BCUT2D eigenvalue weighted by atomic mass is 9.85. The van der Waals surface area contributed by atoms with Gasteiger partial charge in [-0.1, -0.05) is 31.5 Å². The first-order valence-corrected chi connectivity index (χ1v) is 14.8. The summed E-state index contributed by atoms with van der Waals surface area (Å²) >= 11 is 0. The van der Waals surface area contributed by atoms with E-state index in [2.05, 4.69) is 4.98 Å². The Kier molecular flexibility index (Phi) is 9.69. The van der Waals surface area contributed by atoms with Crippen LogP contribution >= 0.6 is 0 Å². The Morgan fingerprint density at radius 3 is 2.56 bits per heavy atom. The summed E-state index contributed by atoms with van der Waals surface area (Å²) in [5.74, 6) is -1.71. The molecule has 9 heteroatoms. The maximum atomic E-state index is 16.0. The Morgan fingerprint density at radius 1 is 1.12 bits per heavy atom. The summed E-state index contributed by atoms with van der Waals surface area (Å²) in [6.07, 6.45) is 0.479. The van der Waals surface area contributed by atoms with E-state index in [0.29, 0.717) is 44.8 Å². The van der Waals surface area contributed by atoms with E-state index in [1.165, 1.54) is 12.1 Å². The molecule has 5 nitrogen and oxygen atoms in total. The average molecular weight is 576 g/mol. The second kappa shape index (κ2) is 13.2. The second-order valence-corrected chi connectivity index (χ2v) is 11.6. The monoisotopic (exact) mass is 575 g/mol. The molecule has 0 aliphatic carbocycles. The van der Waals surface area contributed by atoms with Gasteiger partial charge in [0.25, 0.3) is 0 Å². The van der Waals surface area contributed by atoms with Gasteiger partial charge in [-0.25, -0.2) is 13.2 Å². The van der Waals surface area contributed by atoms with Gasteiger partial charge in [-0.3, -0.25) is 9.29 Å². The highest BCUT2D eigenvalue weighted by molar-refractivity contribution is 5.85. The van der Waals surface area contributed by atoms with Crippen LogP contribution in [0.1, 0.15) is 67.6 Å². The molecule has 5 rings (SSSR count). The first-order valence-electron chi connectivity index (χ1n) is 14.8. The van der Waals surface area contributed by atoms with Gasteiger partial charge >= 0.3 is 0 Å². The zero-order valence-electron chi connectivity index (χ0n) is 23.9. The van der Waals surface area contributed by atoms with E-state index >= 15 is 13.2 Å². The van der Waals surface area contributed by atoms with Gasteiger partial charge in [0.2, 0.25) is 0 Å². The third-order valence-electron chi connectivity index (χ3n) is 8.62. The van der Waals surface area contributed by atoms with E-state index < -0.39 is 36.6 Å². The summed E-state index contributed by atoms with van der Waals surface area (Å²) in [6.45, 7) is 5.67. The van der Waals surface area contributed by atoms with E-state index in [9.17, 15) is 9.50 Å². The number of alkyl halides is 2. The SMILES string of the molecule is CCCCOC[C@H](F)CN1[C@H](c2c(F)cc(C(O)C3CN(CCCF)C3)cc2F)c2[nH]c3ccccc3c2C[C@H]1C. The molecule has 4 atom stereocenters. The number of fused-ring (bicyclic) bond motifs is 3. The maximum Gasteiger partial charge on any atom is 0.136 e. The van der Waals surface area contributed by atoms with Gasteiger partial charge < -0.3 is 19.7 Å². The Hall–Kier alpha value is -2.46. The van der Waals surface area contributed by atoms with Gasteiger partial charge in [0.15, 0.2) is 0 Å². The highest BCUT2D eigenvalue weighted by Crippen LogP contribution is 2.43. The number of para-hydroxylation sites is 1. The quantitative estimate of drug-likeness (QED) is 0.187. The highest BCUT2D eigenvalue weighted by Gasteiger charge is 2.40. The van der Waals surface area contributed by atoms with Gasteiger partial charge in [-0.05, 0) is 55.5 Å². The lowest BCUT2D eigenvalue weighted by Crippen LogP contribution is -2.49. The molecule has 41 heavy (non-hydrogen) atoms. The minimum atomic E-state index is -1.33. The lowest BCUT2D eigenvalue weighted by Gasteiger charge is -2.42. The molecular weight excluding hydrogens is 534 g/mol. The molecule has 0 saturated carbocycles. The number of likely N-dealkylation sites (tertiary alicyclic amines) is 1. The van der Waals surface area contributed by atoms with Crippen molar-refractivity contribution in [3.8, 4) is 0 Å². The van der Waals surface area contributed by atoms with Crippen LogP contribution in [0.15, 0.2) is 36.4 Å². The number of nitrogens with zero attached hydrogens (tertiary/aromatic N) is 2. The molecule has 0 bridgehead atoms. The molecule has 0 spiro atoms. The van der Waals surface area contributed by atoms with Gasteiger partial charge in [-0.2, -0.15) is 0 Å². The van der Waals surface area contributed by atoms with E-state index in [-0.39, 0.29) is 36.2 Å². The number of nitrogens with one attached hydrogen (secondary N) is 1. The van der Waals surface area contributed by atoms with E-state index in [1.807, 2.05) is 47.9 Å². The van der Waals surface area contributed by atoms with Crippen molar-refractivity contribution in [2.75, 3.05) is 46.1 Å². The predicted octanol–water partition coefficient (Wildman–Crippen LogP) is 6.26. The molecule has 1 unspecified atom stereocenters. The molecule has 3 heterocycles. The molecule has 3 aromatic rings. The summed E-state index contributed by atoms with van der Waals surface area (Å²) in [5.41, 5.74) is 2.54. The molecule has 2 N–H and O–H groups in total. The summed E-state index contributed by atoms with van der Waals surface area (Å²) in [7, 11) is 0. The average Bonchev–Trinajstić information content (AvgIpc) is 3.29. The van der Waals surface area contributed by atoms with E-state index in [0.717, 1.165) is 29.3 Å². The first kappa shape index (κ1) is 30.0. The molecular formula is C32H41F4N3O2. The largest absolute Gasteiger partial charge is 0.388 e. The summed E-state index contributed by atoms with van der Waals surface area (Å²) in [5, 5.41) is 11.9.